The number of aromatic nitrogens is 3. The molecule has 5 heteroatoms. The molecule has 0 spiro atoms. The molecule has 0 aromatic carbocycles. The summed E-state index contributed by atoms with van der Waals surface area (Å²) in [4.78, 5) is 14.9. The quantitative estimate of drug-likeness (QED) is 0.916. The van der Waals surface area contributed by atoms with E-state index in [0.29, 0.717) is 6.04 Å². The zero-order chi connectivity index (χ0) is 14.1. The van der Waals surface area contributed by atoms with E-state index in [2.05, 4.69) is 14.9 Å². The number of aromatic amines is 1. The van der Waals surface area contributed by atoms with Crippen LogP contribution in [-0.4, -0.2) is 45.7 Å². The van der Waals surface area contributed by atoms with E-state index < -0.39 is 0 Å². The van der Waals surface area contributed by atoms with E-state index in [1.807, 2.05) is 18.3 Å². The monoisotopic (exact) mass is 284 g/mol. The molecule has 4 rings (SSSR count). The third-order valence-corrected chi connectivity index (χ3v) is 4.45. The Morgan fingerprint density at radius 1 is 1.38 bits per heavy atom. The second kappa shape index (κ2) is 5.58. The van der Waals surface area contributed by atoms with Crippen LogP contribution in [0.15, 0.2) is 24.5 Å². The van der Waals surface area contributed by atoms with Crippen molar-refractivity contribution in [3.8, 4) is 11.4 Å². The Hall–Kier alpha value is -1.72. The smallest absolute Gasteiger partial charge is 0.139 e. The summed E-state index contributed by atoms with van der Waals surface area (Å²) in [5.74, 6) is 0.940. The van der Waals surface area contributed by atoms with Crippen molar-refractivity contribution in [2.45, 2.75) is 31.8 Å². The zero-order valence-electron chi connectivity index (χ0n) is 12.1. The molecule has 1 N–H and O–H groups in total. The van der Waals surface area contributed by atoms with Gasteiger partial charge in [0.25, 0.3) is 0 Å². The molecule has 5 nitrogen and oxygen atoms in total. The van der Waals surface area contributed by atoms with Crippen LogP contribution in [0.1, 0.15) is 24.2 Å². The number of H-pyrrole nitrogens is 1. The Morgan fingerprint density at radius 3 is 3.19 bits per heavy atom. The number of hydrogen-bond acceptors (Lipinski definition) is 4. The fourth-order valence-electron chi connectivity index (χ4n) is 3.28. The number of pyridine rings is 1. The first kappa shape index (κ1) is 13.0. The van der Waals surface area contributed by atoms with Gasteiger partial charge in [0.05, 0.1) is 18.0 Å². The Bertz CT molecular complexity index is 604. The molecule has 0 bridgehead atoms. The summed E-state index contributed by atoms with van der Waals surface area (Å²) < 4.78 is 5.62. The van der Waals surface area contributed by atoms with Gasteiger partial charge in [0.2, 0.25) is 0 Å². The van der Waals surface area contributed by atoms with Gasteiger partial charge in [-0.1, -0.05) is 0 Å². The first-order valence-corrected chi connectivity index (χ1v) is 7.70. The Balaban J connectivity index is 1.54. The highest BCUT2D eigenvalue weighted by Crippen LogP contribution is 2.25. The highest BCUT2D eigenvalue weighted by atomic mass is 16.5. The molecule has 0 unspecified atom stereocenters. The van der Waals surface area contributed by atoms with Crippen LogP contribution in [0.2, 0.25) is 0 Å². The molecule has 0 amide bonds. The number of ether oxygens (including phenoxy) is 1. The van der Waals surface area contributed by atoms with Crippen molar-refractivity contribution >= 4 is 0 Å². The molecular formula is C16H20N4O. The third-order valence-electron chi connectivity index (χ3n) is 4.45. The van der Waals surface area contributed by atoms with Crippen LogP contribution in [0, 0.1) is 0 Å². The minimum Gasteiger partial charge on any atom is -0.380 e. The highest BCUT2D eigenvalue weighted by Gasteiger charge is 2.27. The first-order valence-electron chi connectivity index (χ1n) is 7.70. The van der Waals surface area contributed by atoms with E-state index >= 15 is 0 Å². The molecular weight excluding hydrogens is 264 g/mol. The molecule has 1 fully saturated rings. The Morgan fingerprint density at radius 2 is 2.38 bits per heavy atom. The molecule has 2 aromatic rings. The lowest BCUT2D eigenvalue weighted by Gasteiger charge is -2.35. The van der Waals surface area contributed by atoms with E-state index in [-0.39, 0.29) is 0 Å². The van der Waals surface area contributed by atoms with Gasteiger partial charge in [0, 0.05) is 50.1 Å². The molecule has 0 aliphatic carbocycles. The van der Waals surface area contributed by atoms with Crippen molar-refractivity contribution in [1.82, 2.24) is 19.9 Å². The summed E-state index contributed by atoms with van der Waals surface area (Å²) in [5.41, 5.74) is 3.52. The van der Waals surface area contributed by atoms with Gasteiger partial charge in [0.15, 0.2) is 0 Å². The molecule has 110 valence electrons. The number of fused-ring (bicyclic) bond motifs is 1. The number of nitrogens with one attached hydrogen (secondary N) is 1. The molecule has 1 atom stereocenters. The van der Waals surface area contributed by atoms with Gasteiger partial charge in [-0.3, -0.25) is 9.88 Å². The topological polar surface area (TPSA) is 54.0 Å². The number of hydrogen-bond donors (Lipinski definition) is 1. The van der Waals surface area contributed by atoms with Gasteiger partial charge in [-0.2, -0.15) is 0 Å². The second-order valence-corrected chi connectivity index (χ2v) is 5.84. The minimum atomic E-state index is 0.567. The maximum absolute atomic E-state index is 5.62. The number of nitrogens with zero attached hydrogens (tertiary/aromatic N) is 3. The summed E-state index contributed by atoms with van der Waals surface area (Å²) >= 11 is 0. The Kier molecular flexibility index (Phi) is 3.45. The molecule has 21 heavy (non-hydrogen) atoms. The van der Waals surface area contributed by atoms with E-state index in [0.717, 1.165) is 44.1 Å². The summed E-state index contributed by atoms with van der Waals surface area (Å²) in [6.45, 7) is 3.83. The van der Waals surface area contributed by atoms with Crippen LogP contribution < -0.4 is 0 Å². The SMILES string of the molecule is c1cncc(-c2nc3c([nH]2)CN([C@H]2CCCOC2)CC3)c1. The lowest BCUT2D eigenvalue weighted by atomic mass is 10.0. The lowest BCUT2D eigenvalue weighted by molar-refractivity contribution is 0.0119. The molecule has 2 aromatic heterocycles. The van der Waals surface area contributed by atoms with Crippen molar-refractivity contribution in [1.29, 1.82) is 0 Å². The average molecular weight is 284 g/mol. The Labute approximate surface area is 124 Å². The largest absolute Gasteiger partial charge is 0.380 e. The van der Waals surface area contributed by atoms with E-state index in [4.69, 9.17) is 9.72 Å². The fraction of sp³-hybridized carbons (Fsp3) is 0.500. The fourth-order valence-corrected chi connectivity index (χ4v) is 3.28. The standard InChI is InChI=1S/C16H20N4O/c1-3-12(9-17-6-1)16-18-14-5-7-20(10-15(14)19-16)13-4-2-8-21-11-13/h1,3,6,9,13H,2,4-5,7-8,10-11H2,(H,18,19)/t13-/m0/s1. The number of rotatable bonds is 2. The van der Waals surface area contributed by atoms with Crippen molar-refractivity contribution in [2.24, 2.45) is 0 Å². The summed E-state index contributed by atoms with van der Waals surface area (Å²) in [7, 11) is 0. The maximum Gasteiger partial charge on any atom is 0.139 e. The molecule has 0 radical (unpaired) electrons. The van der Waals surface area contributed by atoms with Gasteiger partial charge in [-0.15, -0.1) is 0 Å². The number of imidazole rings is 1. The molecule has 4 heterocycles. The van der Waals surface area contributed by atoms with Crippen molar-refractivity contribution in [3.63, 3.8) is 0 Å². The van der Waals surface area contributed by atoms with E-state index in [1.54, 1.807) is 6.20 Å². The molecule has 2 aliphatic rings. The summed E-state index contributed by atoms with van der Waals surface area (Å²) in [6.07, 6.45) is 7.09. The molecule has 0 saturated carbocycles. The maximum atomic E-state index is 5.62. The van der Waals surface area contributed by atoms with Crippen LogP contribution in [0.3, 0.4) is 0 Å². The van der Waals surface area contributed by atoms with Gasteiger partial charge in [-0.05, 0) is 25.0 Å². The third kappa shape index (κ3) is 2.59. The predicted octanol–water partition coefficient (Wildman–Crippen LogP) is 2.01. The first-order chi connectivity index (χ1) is 10.4. The van der Waals surface area contributed by atoms with Crippen LogP contribution >= 0.6 is 0 Å². The van der Waals surface area contributed by atoms with Crippen molar-refractivity contribution in [3.05, 3.63) is 35.9 Å². The van der Waals surface area contributed by atoms with Crippen LogP contribution in [0.4, 0.5) is 0 Å². The molecule has 1 saturated heterocycles. The lowest BCUT2D eigenvalue weighted by Crippen LogP contribution is -2.43. The van der Waals surface area contributed by atoms with Gasteiger partial charge in [-0.25, -0.2) is 4.98 Å². The summed E-state index contributed by atoms with van der Waals surface area (Å²) in [6, 6.07) is 4.56. The van der Waals surface area contributed by atoms with Crippen LogP contribution in [0.5, 0.6) is 0 Å². The molecule has 2 aliphatic heterocycles. The zero-order valence-corrected chi connectivity index (χ0v) is 12.1. The van der Waals surface area contributed by atoms with Gasteiger partial charge < -0.3 is 9.72 Å². The highest BCUT2D eigenvalue weighted by molar-refractivity contribution is 5.54. The van der Waals surface area contributed by atoms with Gasteiger partial charge >= 0.3 is 0 Å². The van der Waals surface area contributed by atoms with Crippen LogP contribution in [0.25, 0.3) is 11.4 Å². The van der Waals surface area contributed by atoms with Crippen LogP contribution in [-0.2, 0) is 17.7 Å². The summed E-state index contributed by atoms with van der Waals surface area (Å²) in [5, 5.41) is 0. The van der Waals surface area contributed by atoms with Crippen molar-refractivity contribution in [2.75, 3.05) is 19.8 Å². The average Bonchev–Trinajstić information content (AvgIpc) is 2.99. The normalized spacial score (nSPS) is 23.0. The van der Waals surface area contributed by atoms with Crippen molar-refractivity contribution < 1.29 is 4.74 Å². The predicted molar refractivity (Wildman–Crippen MR) is 79.8 cm³/mol. The van der Waals surface area contributed by atoms with E-state index in [9.17, 15) is 0 Å². The second-order valence-electron chi connectivity index (χ2n) is 5.84. The van der Waals surface area contributed by atoms with Gasteiger partial charge in [0.1, 0.15) is 5.82 Å². The van der Waals surface area contributed by atoms with E-state index in [1.165, 1.54) is 24.2 Å². The minimum absolute atomic E-state index is 0.567.